The Morgan fingerprint density at radius 2 is 1.97 bits per heavy atom. The third kappa shape index (κ3) is 3.83. The average molecular weight is 447 g/mol. The minimum atomic E-state index is -0.142. The predicted molar refractivity (Wildman–Crippen MR) is 124 cm³/mol. The first-order valence-corrected chi connectivity index (χ1v) is 11.3. The zero-order chi connectivity index (χ0) is 23.1. The van der Waals surface area contributed by atoms with Crippen LogP contribution in [-0.4, -0.2) is 48.3 Å². The Balaban J connectivity index is 1.40. The van der Waals surface area contributed by atoms with Gasteiger partial charge in [0, 0.05) is 54.5 Å². The number of nitrogens with one attached hydrogen (secondary N) is 1. The van der Waals surface area contributed by atoms with Crippen LogP contribution >= 0.6 is 0 Å². The maximum Gasteiger partial charge on any atom is 0.274 e. The van der Waals surface area contributed by atoms with E-state index < -0.39 is 0 Å². The molecule has 1 N–H and O–H groups in total. The molecule has 9 heteroatoms. The summed E-state index contributed by atoms with van der Waals surface area (Å²) < 4.78 is 2.87. The van der Waals surface area contributed by atoms with Crippen LogP contribution in [-0.2, 0) is 17.8 Å². The molecule has 33 heavy (non-hydrogen) atoms. The quantitative estimate of drug-likeness (QED) is 0.516. The summed E-state index contributed by atoms with van der Waals surface area (Å²) in [7, 11) is 0. The van der Waals surface area contributed by atoms with Crippen molar-refractivity contribution in [3.8, 4) is 0 Å². The molecule has 1 aliphatic heterocycles. The number of aryl methyl sites for hydroxylation is 2. The van der Waals surface area contributed by atoms with Crippen LogP contribution in [0.2, 0.25) is 0 Å². The van der Waals surface area contributed by atoms with E-state index in [4.69, 9.17) is 0 Å². The molecule has 5 rings (SSSR count). The van der Waals surface area contributed by atoms with Gasteiger partial charge in [-0.3, -0.25) is 19.5 Å². The lowest BCUT2D eigenvalue weighted by Crippen LogP contribution is -2.40. The van der Waals surface area contributed by atoms with Crippen molar-refractivity contribution in [1.29, 1.82) is 0 Å². The van der Waals surface area contributed by atoms with Crippen LogP contribution in [0.4, 0.5) is 0 Å². The van der Waals surface area contributed by atoms with E-state index in [-0.39, 0.29) is 29.4 Å². The summed E-state index contributed by atoms with van der Waals surface area (Å²) in [4.78, 5) is 44.4. The van der Waals surface area contributed by atoms with E-state index in [2.05, 4.69) is 15.2 Å². The highest BCUT2D eigenvalue weighted by molar-refractivity contribution is 5.88. The molecule has 1 unspecified atom stereocenters. The summed E-state index contributed by atoms with van der Waals surface area (Å²) in [6.07, 6.45) is 1.93. The molecule has 0 aliphatic carbocycles. The molecule has 3 aromatic heterocycles. The van der Waals surface area contributed by atoms with E-state index in [1.807, 2.05) is 36.1 Å². The molecular weight excluding hydrogens is 420 g/mol. The number of aromatic amines is 1. The number of aromatic nitrogens is 5. The molecule has 4 aromatic rings. The predicted octanol–water partition coefficient (Wildman–Crippen LogP) is 2.01. The van der Waals surface area contributed by atoms with E-state index >= 15 is 0 Å². The van der Waals surface area contributed by atoms with Gasteiger partial charge < -0.3 is 4.90 Å². The molecule has 4 heterocycles. The number of hydrogen-bond donors (Lipinski definition) is 1. The van der Waals surface area contributed by atoms with Crippen molar-refractivity contribution < 1.29 is 4.79 Å². The number of piperidine rings is 1. The Morgan fingerprint density at radius 1 is 1.18 bits per heavy atom. The van der Waals surface area contributed by atoms with Gasteiger partial charge in [-0.25, -0.2) is 14.2 Å². The number of fused-ring (bicyclic) bond motifs is 2. The lowest BCUT2D eigenvalue weighted by atomic mass is 9.94. The second-order valence-electron chi connectivity index (χ2n) is 8.61. The number of carbonyl (C=O) groups is 1. The van der Waals surface area contributed by atoms with Crippen LogP contribution in [0.25, 0.3) is 16.4 Å². The maximum absolute atomic E-state index is 13.3. The molecule has 0 bridgehead atoms. The first kappa shape index (κ1) is 21.1. The minimum absolute atomic E-state index is 0.0131. The standard InChI is InChI=1S/C24H26N6O3/c1-3-29-24(33)18-9-5-4-8-17(18)20(26-29)13-22(31)28-10-6-7-16(14-28)19-12-21-25-15(2)11-23(32)30(21)27-19/h4-5,8-9,11-12,16,27H,3,6-7,10,13-14H2,1-2H3. The van der Waals surface area contributed by atoms with Gasteiger partial charge in [-0.1, -0.05) is 18.2 Å². The van der Waals surface area contributed by atoms with Gasteiger partial charge in [-0.05, 0) is 32.8 Å². The first-order chi connectivity index (χ1) is 15.9. The molecule has 1 fully saturated rings. The summed E-state index contributed by atoms with van der Waals surface area (Å²) in [6.45, 7) is 5.35. The molecule has 0 radical (unpaired) electrons. The summed E-state index contributed by atoms with van der Waals surface area (Å²) in [5.41, 5.74) is 2.52. The summed E-state index contributed by atoms with van der Waals surface area (Å²) in [5.74, 6) is 0.0827. The smallest absolute Gasteiger partial charge is 0.274 e. The first-order valence-electron chi connectivity index (χ1n) is 11.3. The topological polar surface area (TPSA) is 105 Å². The van der Waals surface area contributed by atoms with Gasteiger partial charge in [0.15, 0.2) is 5.65 Å². The Morgan fingerprint density at radius 3 is 2.76 bits per heavy atom. The normalized spacial score (nSPS) is 16.5. The summed E-state index contributed by atoms with van der Waals surface area (Å²) in [5, 5.41) is 8.96. The largest absolute Gasteiger partial charge is 0.342 e. The molecule has 0 saturated carbocycles. The van der Waals surface area contributed by atoms with Gasteiger partial charge in [-0.2, -0.15) is 5.10 Å². The summed E-state index contributed by atoms with van der Waals surface area (Å²) in [6, 6.07) is 10.7. The molecule has 1 aromatic carbocycles. The zero-order valence-corrected chi connectivity index (χ0v) is 18.7. The second-order valence-corrected chi connectivity index (χ2v) is 8.61. The van der Waals surface area contributed by atoms with Crippen molar-refractivity contribution in [1.82, 2.24) is 29.3 Å². The molecular formula is C24H26N6O3. The molecule has 1 aliphatic rings. The SMILES string of the molecule is CCn1nc(CC(=O)N2CCCC(c3cc4nc(C)cc(=O)n4[nH]3)C2)c2ccccc2c1=O. The van der Waals surface area contributed by atoms with Gasteiger partial charge in [0.2, 0.25) is 5.91 Å². The van der Waals surface area contributed by atoms with Gasteiger partial charge in [0.1, 0.15) is 0 Å². The van der Waals surface area contributed by atoms with Crippen molar-refractivity contribution in [2.75, 3.05) is 13.1 Å². The number of likely N-dealkylation sites (tertiary alicyclic amines) is 1. The highest BCUT2D eigenvalue weighted by atomic mass is 16.2. The molecule has 0 spiro atoms. The monoisotopic (exact) mass is 446 g/mol. The van der Waals surface area contributed by atoms with Crippen LogP contribution < -0.4 is 11.1 Å². The van der Waals surface area contributed by atoms with E-state index in [0.717, 1.165) is 23.9 Å². The van der Waals surface area contributed by atoms with Crippen molar-refractivity contribution in [3.05, 3.63) is 74.2 Å². The van der Waals surface area contributed by atoms with Crippen LogP contribution in [0, 0.1) is 6.92 Å². The highest BCUT2D eigenvalue weighted by Crippen LogP contribution is 2.27. The lowest BCUT2D eigenvalue weighted by Gasteiger charge is -2.32. The third-order valence-electron chi connectivity index (χ3n) is 6.37. The van der Waals surface area contributed by atoms with Gasteiger partial charge in [0.25, 0.3) is 11.1 Å². The van der Waals surface area contributed by atoms with Crippen molar-refractivity contribution in [2.45, 2.75) is 45.6 Å². The van der Waals surface area contributed by atoms with Crippen LogP contribution in [0.5, 0.6) is 0 Å². The Hall–Kier alpha value is -3.75. The fraction of sp³-hybridized carbons (Fsp3) is 0.375. The van der Waals surface area contributed by atoms with Gasteiger partial charge in [0.05, 0.1) is 17.5 Å². The van der Waals surface area contributed by atoms with Crippen molar-refractivity contribution in [2.24, 2.45) is 0 Å². The van der Waals surface area contributed by atoms with Gasteiger partial charge >= 0.3 is 0 Å². The van der Waals surface area contributed by atoms with Crippen molar-refractivity contribution in [3.63, 3.8) is 0 Å². The van der Waals surface area contributed by atoms with E-state index in [0.29, 0.717) is 42.1 Å². The third-order valence-corrected chi connectivity index (χ3v) is 6.37. The Bertz CT molecular complexity index is 1480. The summed E-state index contributed by atoms with van der Waals surface area (Å²) >= 11 is 0. The minimum Gasteiger partial charge on any atom is -0.342 e. The van der Waals surface area contributed by atoms with Crippen LogP contribution in [0.3, 0.4) is 0 Å². The second kappa shape index (κ2) is 8.31. The van der Waals surface area contributed by atoms with Crippen LogP contribution in [0.1, 0.15) is 42.8 Å². The van der Waals surface area contributed by atoms with E-state index in [1.165, 1.54) is 15.3 Å². The Kier molecular flexibility index (Phi) is 5.32. The maximum atomic E-state index is 13.3. The number of carbonyl (C=O) groups excluding carboxylic acids is 1. The fourth-order valence-corrected chi connectivity index (χ4v) is 4.70. The number of rotatable bonds is 4. The molecule has 1 amide bonds. The lowest BCUT2D eigenvalue weighted by molar-refractivity contribution is -0.131. The van der Waals surface area contributed by atoms with Gasteiger partial charge in [-0.15, -0.1) is 0 Å². The Labute approximate surface area is 189 Å². The molecule has 1 saturated heterocycles. The zero-order valence-electron chi connectivity index (χ0n) is 18.7. The number of H-pyrrole nitrogens is 1. The molecule has 1 atom stereocenters. The number of nitrogens with zero attached hydrogens (tertiary/aromatic N) is 5. The molecule has 9 nitrogen and oxygen atoms in total. The van der Waals surface area contributed by atoms with Crippen molar-refractivity contribution >= 4 is 22.3 Å². The van der Waals surface area contributed by atoms with Crippen LogP contribution in [0.15, 0.2) is 46.0 Å². The number of hydrogen-bond acceptors (Lipinski definition) is 5. The molecule has 170 valence electrons. The fourth-order valence-electron chi connectivity index (χ4n) is 4.70. The van der Waals surface area contributed by atoms with E-state index in [1.54, 1.807) is 13.0 Å². The number of amides is 1. The van der Waals surface area contributed by atoms with E-state index in [9.17, 15) is 14.4 Å². The number of benzene rings is 1. The average Bonchev–Trinajstić information content (AvgIpc) is 3.25. The highest BCUT2D eigenvalue weighted by Gasteiger charge is 2.27.